The molecule has 4 heteroatoms. The summed E-state index contributed by atoms with van der Waals surface area (Å²) in [5, 5.41) is 3.51. The van der Waals surface area contributed by atoms with Gasteiger partial charge in [-0.2, -0.15) is 11.8 Å². The Kier molecular flexibility index (Phi) is 4.87. The van der Waals surface area contributed by atoms with Gasteiger partial charge in [0.1, 0.15) is 0 Å². The maximum atomic E-state index is 6.23. The van der Waals surface area contributed by atoms with Crippen molar-refractivity contribution in [1.82, 2.24) is 10.3 Å². The van der Waals surface area contributed by atoms with E-state index >= 15 is 0 Å². The lowest BCUT2D eigenvalue weighted by Crippen LogP contribution is -2.45. The SMILES string of the molecule is CNC(c1cc(C)ccn1)C1CCOC2(CCSCC2)C1. The highest BCUT2D eigenvalue weighted by atomic mass is 32.2. The highest BCUT2D eigenvalue weighted by Crippen LogP contribution is 2.43. The molecule has 2 unspecified atom stereocenters. The smallest absolute Gasteiger partial charge is 0.0701 e. The zero-order chi connectivity index (χ0) is 14.7. The van der Waals surface area contributed by atoms with Crippen LogP contribution in [0.4, 0.5) is 0 Å². The molecule has 0 aliphatic carbocycles. The van der Waals surface area contributed by atoms with Crippen LogP contribution >= 0.6 is 11.8 Å². The number of pyridine rings is 1. The van der Waals surface area contributed by atoms with Gasteiger partial charge in [-0.1, -0.05) is 0 Å². The molecule has 1 aromatic rings. The summed E-state index contributed by atoms with van der Waals surface area (Å²) in [6.07, 6.45) is 6.67. The third kappa shape index (κ3) is 3.43. The Balaban J connectivity index is 1.77. The zero-order valence-electron chi connectivity index (χ0n) is 13.1. The Hall–Kier alpha value is -0.580. The van der Waals surface area contributed by atoms with Crippen molar-refractivity contribution in [3.63, 3.8) is 0 Å². The first kappa shape index (κ1) is 15.3. The Morgan fingerprint density at radius 1 is 1.43 bits per heavy atom. The van der Waals surface area contributed by atoms with Gasteiger partial charge in [-0.15, -0.1) is 0 Å². The number of aromatic nitrogens is 1. The molecule has 1 N–H and O–H groups in total. The Bertz CT molecular complexity index is 468. The van der Waals surface area contributed by atoms with Crippen LogP contribution in [0, 0.1) is 12.8 Å². The van der Waals surface area contributed by atoms with E-state index < -0.39 is 0 Å². The summed E-state index contributed by atoms with van der Waals surface area (Å²) in [6, 6.07) is 4.64. The largest absolute Gasteiger partial charge is 0.375 e. The van der Waals surface area contributed by atoms with E-state index in [9.17, 15) is 0 Å². The second-order valence-electron chi connectivity index (χ2n) is 6.42. The second-order valence-corrected chi connectivity index (χ2v) is 7.65. The first-order valence-electron chi connectivity index (χ1n) is 8.04. The lowest BCUT2D eigenvalue weighted by Gasteiger charge is -2.45. The number of nitrogens with zero attached hydrogens (tertiary/aromatic N) is 1. The maximum Gasteiger partial charge on any atom is 0.0701 e. The monoisotopic (exact) mass is 306 g/mol. The molecular weight excluding hydrogens is 280 g/mol. The summed E-state index contributed by atoms with van der Waals surface area (Å²) in [4.78, 5) is 4.61. The molecule has 2 aliphatic heterocycles. The van der Waals surface area contributed by atoms with Crippen molar-refractivity contribution in [1.29, 1.82) is 0 Å². The fourth-order valence-electron chi connectivity index (χ4n) is 3.80. The molecular formula is C17H26N2OS. The fourth-order valence-corrected chi connectivity index (χ4v) is 5.03. The van der Waals surface area contributed by atoms with Crippen LogP contribution in [0.5, 0.6) is 0 Å². The van der Waals surface area contributed by atoms with Crippen LogP contribution in [-0.4, -0.2) is 35.7 Å². The van der Waals surface area contributed by atoms with Gasteiger partial charge in [0.15, 0.2) is 0 Å². The molecule has 2 aliphatic rings. The van der Waals surface area contributed by atoms with Crippen molar-refractivity contribution in [2.45, 2.75) is 44.2 Å². The van der Waals surface area contributed by atoms with Crippen molar-refractivity contribution in [2.24, 2.45) is 5.92 Å². The molecule has 1 aromatic heterocycles. The van der Waals surface area contributed by atoms with Crippen LogP contribution in [0.15, 0.2) is 18.3 Å². The van der Waals surface area contributed by atoms with Crippen LogP contribution in [-0.2, 0) is 4.74 Å². The summed E-state index contributed by atoms with van der Waals surface area (Å²) >= 11 is 2.07. The predicted molar refractivity (Wildman–Crippen MR) is 88.7 cm³/mol. The third-order valence-corrected chi connectivity index (χ3v) is 5.96. The lowest BCUT2D eigenvalue weighted by molar-refractivity contribution is -0.107. The molecule has 116 valence electrons. The first-order chi connectivity index (χ1) is 10.2. The number of thioether (sulfide) groups is 1. The Morgan fingerprint density at radius 3 is 2.95 bits per heavy atom. The zero-order valence-corrected chi connectivity index (χ0v) is 13.9. The average Bonchev–Trinajstić information content (AvgIpc) is 2.49. The summed E-state index contributed by atoms with van der Waals surface area (Å²) < 4.78 is 6.23. The number of nitrogens with one attached hydrogen (secondary N) is 1. The van der Waals surface area contributed by atoms with Crippen LogP contribution in [0.2, 0.25) is 0 Å². The summed E-state index contributed by atoms with van der Waals surface area (Å²) in [5.41, 5.74) is 2.62. The Labute approximate surface area is 132 Å². The topological polar surface area (TPSA) is 34.2 Å². The van der Waals surface area contributed by atoms with Gasteiger partial charge in [-0.3, -0.25) is 4.98 Å². The van der Waals surface area contributed by atoms with E-state index in [1.165, 1.54) is 42.0 Å². The number of ether oxygens (including phenoxy) is 1. The fraction of sp³-hybridized carbons (Fsp3) is 0.706. The van der Waals surface area contributed by atoms with Gasteiger partial charge in [0.25, 0.3) is 0 Å². The van der Waals surface area contributed by atoms with Crippen molar-refractivity contribution in [3.8, 4) is 0 Å². The van der Waals surface area contributed by atoms with Gasteiger partial charge in [0, 0.05) is 12.8 Å². The van der Waals surface area contributed by atoms with E-state index in [1.807, 2.05) is 6.20 Å². The minimum atomic E-state index is 0.146. The molecule has 0 radical (unpaired) electrons. The summed E-state index contributed by atoms with van der Waals surface area (Å²) in [7, 11) is 2.06. The van der Waals surface area contributed by atoms with Crippen LogP contribution < -0.4 is 5.32 Å². The molecule has 0 bridgehead atoms. The number of hydrogen-bond donors (Lipinski definition) is 1. The molecule has 3 rings (SSSR count). The molecule has 3 nitrogen and oxygen atoms in total. The van der Waals surface area contributed by atoms with Gasteiger partial charge in [-0.25, -0.2) is 0 Å². The van der Waals surface area contributed by atoms with E-state index in [-0.39, 0.29) is 5.60 Å². The van der Waals surface area contributed by atoms with Crippen molar-refractivity contribution < 1.29 is 4.74 Å². The number of hydrogen-bond acceptors (Lipinski definition) is 4. The third-order valence-electron chi connectivity index (χ3n) is 4.97. The number of rotatable bonds is 3. The highest BCUT2D eigenvalue weighted by molar-refractivity contribution is 7.99. The molecule has 0 aromatic carbocycles. The summed E-state index contributed by atoms with van der Waals surface area (Å²) in [5.74, 6) is 3.13. The summed E-state index contributed by atoms with van der Waals surface area (Å²) in [6.45, 7) is 3.04. The maximum absolute atomic E-state index is 6.23. The van der Waals surface area contributed by atoms with E-state index in [0.717, 1.165) is 13.0 Å². The highest BCUT2D eigenvalue weighted by Gasteiger charge is 2.41. The standard InChI is InChI=1S/C17H26N2OS/c1-13-3-7-19-15(11-13)16(18-2)14-4-8-20-17(12-14)5-9-21-10-6-17/h3,7,11,14,16,18H,4-6,8-10,12H2,1-2H3. The van der Waals surface area contributed by atoms with Crippen LogP contribution in [0.25, 0.3) is 0 Å². The molecule has 2 fully saturated rings. The second kappa shape index (κ2) is 6.67. The normalized spacial score (nSPS) is 26.7. The van der Waals surface area contributed by atoms with Crippen LogP contribution in [0.1, 0.15) is 43.0 Å². The Morgan fingerprint density at radius 2 is 2.24 bits per heavy atom. The van der Waals surface area contributed by atoms with Gasteiger partial charge >= 0.3 is 0 Å². The molecule has 0 amide bonds. The van der Waals surface area contributed by atoms with Gasteiger partial charge in [0.2, 0.25) is 0 Å². The average molecular weight is 306 g/mol. The van der Waals surface area contributed by atoms with Crippen molar-refractivity contribution in [2.75, 3.05) is 25.2 Å². The van der Waals surface area contributed by atoms with E-state index in [0.29, 0.717) is 12.0 Å². The van der Waals surface area contributed by atoms with E-state index in [2.05, 4.69) is 48.2 Å². The van der Waals surface area contributed by atoms with Gasteiger partial charge < -0.3 is 10.1 Å². The minimum absolute atomic E-state index is 0.146. The minimum Gasteiger partial charge on any atom is -0.375 e. The molecule has 2 saturated heterocycles. The van der Waals surface area contributed by atoms with Gasteiger partial charge in [-0.05, 0) is 74.8 Å². The molecule has 0 saturated carbocycles. The quantitative estimate of drug-likeness (QED) is 0.929. The lowest BCUT2D eigenvalue weighted by atomic mass is 9.77. The predicted octanol–water partition coefficient (Wildman–Crippen LogP) is 3.34. The molecule has 3 heterocycles. The van der Waals surface area contributed by atoms with Crippen molar-refractivity contribution in [3.05, 3.63) is 29.6 Å². The molecule has 21 heavy (non-hydrogen) atoms. The van der Waals surface area contributed by atoms with E-state index in [4.69, 9.17) is 4.74 Å². The van der Waals surface area contributed by atoms with E-state index in [1.54, 1.807) is 0 Å². The first-order valence-corrected chi connectivity index (χ1v) is 9.19. The van der Waals surface area contributed by atoms with Crippen molar-refractivity contribution >= 4 is 11.8 Å². The van der Waals surface area contributed by atoms with Crippen LogP contribution in [0.3, 0.4) is 0 Å². The number of aryl methyl sites for hydroxylation is 1. The molecule has 1 spiro atoms. The molecule has 2 atom stereocenters. The van der Waals surface area contributed by atoms with Gasteiger partial charge in [0.05, 0.1) is 17.3 Å².